The Balaban J connectivity index is 1.85. The van der Waals surface area contributed by atoms with E-state index in [1.54, 1.807) is 0 Å². The topological polar surface area (TPSA) is 75.4 Å². The minimum absolute atomic E-state index is 0.136. The number of rotatable bonds is 4. The van der Waals surface area contributed by atoms with Crippen LogP contribution in [0.25, 0.3) is 0 Å². The lowest BCUT2D eigenvalue weighted by atomic mass is 9.92. The van der Waals surface area contributed by atoms with Gasteiger partial charge in [-0.25, -0.2) is 0 Å². The fourth-order valence-electron chi connectivity index (χ4n) is 2.53. The quantitative estimate of drug-likeness (QED) is 0.757. The van der Waals surface area contributed by atoms with Crippen LogP contribution >= 0.6 is 0 Å². The lowest BCUT2D eigenvalue weighted by molar-refractivity contribution is -0.124. The number of aliphatic hydroxyl groups is 1. The van der Waals surface area contributed by atoms with Gasteiger partial charge in [0.2, 0.25) is 5.91 Å². The van der Waals surface area contributed by atoms with E-state index in [1.807, 2.05) is 30.3 Å². The zero-order valence-corrected chi connectivity index (χ0v) is 11.1. The summed E-state index contributed by atoms with van der Waals surface area (Å²) in [5, 5.41) is 12.7. The molecule has 0 radical (unpaired) electrons. The van der Waals surface area contributed by atoms with Gasteiger partial charge in [-0.2, -0.15) is 0 Å². The number of hydrogen-bond acceptors (Lipinski definition) is 3. The number of hydrogen-bond donors (Lipinski definition) is 3. The van der Waals surface area contributed by atoms with Gasteiger partial charge in [0.1, 0.15) is 0 Å². The highest BCUT2D eigenvalue weighted by Gasteiger charge is 2.26. The summed E-state index contributed by atoms with van der Waals surface area (Å²) >= 11 is 0. The molecule has 0 aromatic heterocycles. The molecule has 19 heavy (non-hydrogen) atoms. The van der Waals surface area contributed by atoms with Gasteiger partial charge < -0.3 is 16.2 Å². The molecule has 4 heteroatoms. The van der Waals surface area contributed by atoms with Crippen molar-refractivity contribution in [1.82, 2.24) is 5.32 Å². The van der Waals surface area contributed by atoms with Crippen molar-refractivity contribution in [3.05, 3.63) is 35.9 Å². The summed E-state index contributed by atoms with van der Waals surface area (Å²) in [5.41, 5.74) is 6.97. The third-order valence-corrected chi connectivity index (χ3v) is 3.69. The summed E-state index contributed by atoms with van der Waals surface area (Å²) in [4.78, 5) is 12.0. The van der Waals surface area contributed by atoms with Gasteiger partial charge in [-0.15, -0.1) is 0 Å². The van der Waals surface area contributed by atoms with Gasteiger partial charge in [-0.05, 0) is 24.8 Å². The Kier molecular flexibility index (Phi) is 4.93. The average molecular weight is 262 g/mol. The van der Waals surface area contributed by atoms with Gasteiger partial charge >= 0.3 is 0 Å². The first kappa shape index (κ1) is 14.0. The molecule has 1 saturated carbocycles. The lowest BCUT2D eigenvalue weighted by Crippen LogP contribution is -2.51. The predicted molar refractivity (Wildman–Crippen MR) is 74.5 cm³/mol. The summed E-state index contributed by atoms with van der Waals surface area (Å²) < 4.78 is 0. The van der Waals surface area contributed by atoms with Gasteiger partial charge in [-0.3, -0.25) is 4.79 Å². The zero-order chi connectivity index (χ0) is 13.7. The second kappa shape index (κ2) is 6.68. The van der Waals surface area contributed by atoms with Crippen LogP contribution in [-0.2, 0) is 11.2 Å². The lowest BCUT2D eigenvalue weighted by Gasteiger charge is -2.29. The Hall–Kier alpha value is -1.39. The molecule has 0 spiro atoms. The van der Waals surface area contributed by atoms with Crippen molar-refractivity contribution < 1.29 is 9.90 Å². The fourth-order valence-corrected chi connectivity index (χ4v) is 2.53. The molecule has 1 aliphatic carbocycles. The van der Waals surface area contributed by atoms with Crippen molar-refractivity contribution >= 4 is 5.91 Å². The van der Waals surface area contributed by atoms with Crippen LogP contribution < -0.4 is 11.1 Å². The summed E-state index contributed by atoms with van der Waals surface area (Å²) in [7, 11) is 0. The molecule has 0 bridgehead atoms. The van der Waals surface area contributed by atoms with Crippen molar-refractivity contribution in [3.63, 3.8) is 0 Å². The highest BCUT2D eigenvalue weighted by Crippen LogP contribution is 2.18. The van der Waals surface area contributed by atoms with Crippen molar-refractivity contribution in [1.29, 1.82) is 0 Å². The Labute approximate surface area is 114 Å². The number of carbonyl (C=O) groups excluding carboxylic acids is 1. The minimum atomic E-state index is -0.559. The first-order chi connectivity index (χ1) is 9.16. The number of nitrogens with two attached hydrogens (primary N) is 1. The summed E-state index contributed by atoms with van der Waals surface area (Å²) in [6.45, 7) is 0. The molecular formula is C15H22N2O2. The van der Waals surface area contributed by atoms with Gasteiger partial charge in [0.15, 0.2) is 0 Å². The maximum Gasteiger partial charge on any atom is 0.237 e. The van der Waals surface area contributed by atoms with Crippen molar-refractivity contribution in [2.75, 3.05) is 0 Å². The molecular weight excluding hydrogens is 240 g/mol. The molecule has 1 aromatic carbocycles. The van der Waals surface area contributed by atoms with Crippen LogP contribution in [-0.4, -0.2) is 29.2 Å². The number of carbonyl (C=O) groups is 1. The largest absolute Gasteiger partial charge is 0.391 e. The van der Waals surface area contributed by atoms with Crippen LogP contribution in [0, 0.1) is 0 Å². The van der Waals surface area contributed by atoms with E-state index in [2.05, 4.69) is 5.32 Å². The van der Waals surface area contributed by atoms with Crippen molar-refractivity contribution in [2.24, 2.45) is 5.73 Å². The van der Waals surface area contributed by atoms with Gasteiger partial charge in [-0.1, -0.05) is 43.2 Å². The predicted octanol–water partition coefficient (Wildman–Crippen LogP) is 0.976. The summed E-state index contributed by atoms with van der Waals surface area (Å²) in [6.07, 6.45) is 3.78. The van der Waals surface area contributed by atoms with Crippen LogP contribution in [0.1, 0.15) is 31.2 Å². The van der Waals surface area contributed by atoms with Crippen LogP contribution in [0.15, 0.2) is 30.3 Å². The number of nitrogens with one attached hydrogen (secondary N) is 1. The summed E-state index contributed by atoms with van der Waals surface area (Å²) in [6, 6.07) is 9.04. The van der Waals surface area contributed by atoms with Crippen LogP contribution in [0.3, 0.4) is 0 Å². The van der Waals surface area contributed by atoms with E-state index < -0.39 is 12.1 Å². The second-order valence-electron chi connectivity index (χ2n) is 5.26. The van der Waals surface area contributed by atoms with Crippen LogP contribution in [0.2, 0.25) is 0 Å². The molecule has 0 heterocycles. The smallest absolute Gasteiger partial charge is 0.237 e. The molecule has 3 atom stereocenters. The van der Waals surface area contributed by atoms with Crippen molar-refractivity contribution in [3.8, 4) is 0 Å². The molecule has 4 N–H and O–H groups in total. The molecule has 1 fully saturated rings. The Morgan fingerprint density at radius 1 is 1.32 bits per heavy atom. The second-order valence-corrected chi connectivity index (χ2v) is 5.26. The van der Waals surface area contributed by atoms with Gasteiger partial charge in [0.05, 0.1) is 18.2 Å². The van der Waals surface area contributed by atoms with E-state index in [0.717, 1.165) is 31.2 Å². The highest BCUT2D eigenvalue weighted by molar-refractivity contribution is 5.82. The monoisotopic (exact) mass is 262 g/mol. The zero-order valence-electron chi connectivity index (χ0n) is 11.1. The van der Waals surface area contributed by atoms with E-state index in [1.165, 1.54) is 0 Å². The molecule has 1 amide bonds. The molecule has 4 nitrogen and oxygen atoms in total. The van der Waals surface area contributed by atoms with E-state index in [9.17, 15) is 9.90 Å². The maximum atomic E-state index is 12.0. The summed E-state index contributed by atoms with van der Waals surface area (Å²) in [5.74, 6) is -0.171. The first-order valence-electron chi connectivity index (χ1n) is 6.95. The van der Waals surface area contributed by atoms with Crippen molar-refractivity contribution in [2.45, 2.75) is 50.3 Å². The average Bonchev–Trinajstić information content (AvgIpc) is 2.42. The van der Waals surface area contributed by atoms with Gasteiger partial charge in [0.25, 0.3) is 0 Å². The van der Waals surface area contributed by atoms with Gasteiger partial charge in [0, 0.05) is 0 Å². The molecule has 1 aliphatic rings. The molecule has 0 saturated heterocycles. The fraction of sp³-hybridized carbons (Fsp3) is 0.533. The normalized spacial score (nSPS) is 24.7. The van der Waals surface area contributed by atoms with Crippen LogP contribution in [0.5, 0.6) is 0 Å². The molecule has 104 valence electrons. The SMILES string of the molecule is NC(Cc1ccccc1)C(=O)N[C@@H]1CCCC[C@H]1O. The standard InChI is InChI=1S/C15H22N2O2/c16-12(10-11-6-2-1-3-7-11)15(19)17-13-8-4-5-9-14(13)18/h1-3,6-7,12-14,18H,4-5,8-10,16H2,(H,17,19)/t12?,13-,14-/m1/s1. The maximum absolute atomic E-state index is 12.0. The minimum Gasteiger partial charge on any atom is -0.391 e. The third kappa shape index (κ3) is 4.04. The van der Waals surface area contributed by atoms with E-state index in [-0.39, 0.29) is 11.9 Å². The van der Waals surface area contributed by atoms with E-state index in [4.69, 9.17) is 5.73 Å². The molecule has 2 rings (SSSR count). The number of aliphatic hydroxyl groups excluding tert-OH is 1. The molecule has 1 aromatic rings. The third-order valence-electron chi connectivity index (χ3n) is 3.69. The molecule has 1 unspecified atom stereocenters. The van der Waals surface area contributed by atoms with Crippen LogP contribution in [0.4, 0.5) is 0 Å². The highest BCUT2D eigenvalue weighted by atomic mass is 16.3. The first-order valence-corrected chi connectivity index (χ1v) is 6.95. The number of amides is 1. The Bertz CT molecular complexity index is 408. The van der Waals surface area contributed by atoms with E-state index >= 15 is 0 Å². The van der Waals surface area contributed by atoms with E-state index in [0.29, 0.717) is 6.42 Å². The Morgan fingerprint density at radius 2 is 2.00 bits per heavy atom. The molecule has 0 aliphatic heterocycles. The number of benzene rings is 1. The Morgan fingerprint density at radius 3 is 2.68 bits per heavy atom.